The van der Waals surface area contributed by atoms with Gasteiger partial charge >= 0.3 is 54.7 Å². The second-order valence-electron chi connectivity index (χ2n) is 9.58. The summed E-state index contributed by atoms with van der Waals surface area (Å²) >= 11 is 0. The van der Waals surface area contributed by atoms with Crippen LogP contribution in [0.4, 0.5) is 0 Å². The van der Waals surface area contributed by atoms with Gasteiger partial charge in [0, 0.05) is 0 Å². The van der Waals surface area contributed by atoms with Crippen molar-refractivity contribution in [3.05, 3.63) is 0 Å². The Morgan fingerprint density at radius 3 is 0.583 bits per heavy atom. The molecule has 2 heteroatoms. The molecular formula is C10H13FeP. The van der Waals surface area contributed by atoms with Gasteiger partial charge in [-0.25, -0.2) is 0 Å². The summed E-state index contributed by atoms with van der Waals surface area (Å²) in [5, 5.41) is 0. The van der Waals surface area contributed by atoms with Gasteiger partial charge in [0.2, 0.25) is 0 Å². The Bertz CT molecular complexity index is 577. The van der Waals surface area contributed by atoms with Gasteiger partial charge in [-0.2, -0.15) is 9.90 Å². The van der Waals surface area contributed by atoms with E-state index in [0.717, 1.165) is 0 Å². The normalized spacial score (nSPS) is 157. The van der Waals surface area contributed by atoms with Gasteiger partial charge in [-0.1, -0.05) is 0 Å². The van der Waals surface area contributed by atoms with Crippen LogP contribution in [0, 0.1) is 0 Å². The summed E-state index contributed by atoms with van der Waals surface area (Å²) in [5.41, 5.74) is 0. The van der Waals surface area contributed by atoms with Gasteiger partial charge in [0.25, 0.3) is 0 Å². The molecule has 0 amide bonds. The van der Waals surface area contributed by atoms with Crippen molar-refractivity contribution in [3.63, 3.8) is 0 Å². The van der Waals surface area contributed by atoms with Crippen molar-refractivity contribution in [3.8, 4) is 0 Å². The predicted octanol–water partition coefficient (Wildman–Crippen LogP) is 3.43. The maximum atomic E-state index is 1.59. The summed E-state index contributed by atoms with van der Waals surface area (Å²) in [6.07, 6.45) is 0. The molecule has 10 aliphatic rings. The minimum atomic E-state index is -2.28. The Hall–Kier alpha value is 0.949. The average Bonchev–Trinajstić information content (AvgIpc) is 3.01. The molecule has 0 aromatic heterocycles. The fraction of sp³-hybridized carbons (Fsp3) is 1.00. The van der Waals surface area contributed by atoms with Crippen LogP contribution in [0.3, 0.4) is 0 Å². The third-order valence-corrected chi connectivity index (χ3v) is 56.5. The van der Waals surface area contributed by atoms with Crippen molar-refractivity contribution in [2.75, 3.05) is 0 Å². The molecule has 0 nitrogen and oxygen atoms in total. The SMILES string of the molecule is P.[CH]12[CH]3[CH]4[CH]5[CH]1[Fe]23451678[CH]2[CH]1[CH]6[CH]7[CH]28. The molecule has 0 aliphatic carbocycles. The monoisotopic (exact) mass is 220 g/mol. The molecule has 1 atom stereocenters. The quantitative estimate of drug-likeness (QED) is 0.433. The van der Waals surface area contributed by atoms with Crippen LogP contribution in [0.1, 0.15) is 0 Å². The summed E-state index contributed by atoms with van der Waals surface area (Å²) in [6.45, 7) is -2.28. The van der Waals surface area contributed by atoms with Crippen LogP contribution in [-0.2, 0) is 6.51 Å². The summed E-state index contributed by atoms with van der Waals surface area (Å²) in [7, 11) is 0. The Morgan fingerprint density at radius 2 is 0.583 bits per heavy atom. The van der Waals surface area contributed by atoms with E-state index in [1.54, 1.807) is 48.2 Å². The fourth-order valence-electron chi connectivity index (χ4n) is 15.8. The molecule has 0 N–H and O–H groups in total. The van der Waals surface area contributed by atoms with Crippen LogP contribution < -0.4 is 0 Å². The molecule has 0 saturated carbocycles. The third kappa shape index (κ3) is 0.0268. The summed E-state index contributed by atoms with van der Waals surface area (Å²) < 4.78 is 0. The molecule has 10 saturated heterocycles. The minimum absolute atomic E-state index is 0. The Morgan fingerprint density at radius 1 is 0.417 bits per heavy atom. The van der Waals surface area contributed by atoms with Crippen LogP contribution >= 0.6 is 9.90 Å². The molecule has 10 heterocycles. The first-order chi connectivity index (χ1) is 5.16. The van der Waals surface area contributed by atoms with Crippen molar-refractivity contribution in [1.29, 1.82) is 0 Å². The van der Waals surface area contributed by atoms with Gasteiger partial charge in [0.1, 0.15) is 0 Å². The molecular weight excluding hydrogens is 207 g/mol. The van der Waals surface area contributed by atoms with Crippen LogP contribution in [0.15, 0.2) is 0 Å². The van der Waals surface area contributed by atoms with Gasteiger partial charge in [0.05, 0.1) is 0 Å². The van der Waals surface area contributed by atoms with E-state index in [4.69, 9.17) is 0 Å². The second-order valence-corrected chi connectivity index (χ2v) is 33.5. The van der Waals surface area contributed by atoms with E-state index in [0.29, 0.717) is 0 Å². The number of rotatable bonds is 0. The number of hydrogen-bond donors (Lipinski definition) is 0. The fourth-order valence-corrected chi connectivity index (χ4v) is 88.0. The zero-order chi connectivity index (χ0) is 6.09. The molecule has 0 radical (unpaired) electrons. The third-order valence-electron chi connectivity index (χ3n) is 14.5. The molecule has 0 aromatic rings. The van der Waals surface area contributed by atoms with E-state index in [-0.39, 0.29) is 9.90 Å². The molecule has 1 spiro atoms. The van der Waals surface area contributed by atoms with Crippen LogP contribution in [-0.4, -0.2) is 0 Å². The van der Waals surface area contributed by atoms with E-state index < -0.39 is 6.51 Å². The van der Waals surface area contributed by atoms with Gasteiger partial charge in [-0.3, -0.25) is 0 Å². The topological polar surface area (TPSA) is 0 Å². The molecule has 12 heavy (non-hydrogen) atoms. The first kappa shape index (κ1) is 4.21. The Kier molecular flexibility index (Phi) is 0.0872. The van der Waals surface area contributed by atoms with Crippen LogP contribution in [0.5, 0.6) is 0 Å². The molecule has 0 aromatic carbocycles. The van der Waals surface area contributed by atoms with E-state index in [2.05, 4.69) is 0 Å². The molecule has 0 bridgehead atoms. The second kappa shape index (κ2) is 0.248. The number of hydrogen-bond acceptors (Lipinski definition) is 0. The zero-order valence-corrected chi connectivity index (χ0v) is 9.35. The zero-order valence-electron chi connectivity index (χ0n) is 6.83. The molecule has 10 aliphatic heterocycles. The van der Waals surface area contributed by atoms with E-state index in [9.17, 15) is 0 Å². The van der Waals surface area contributed by atoms with Gasteiger partial charge in [-0.05, 0) is 0 Å². The van der Waals surface area contributed by atoms with Gasteiger partial charge in [0.15, 0.2) is 0 Å². The van der Waals surface area contributed by atoms with Crippen molar-refractivity contribution >= 4 is 9.90 Å². The Balaban J connectivity index is 0.000000400. The van der Waals surface area contributed by atoms with Crippen molar-refractivity contribution in [2.45, 2.75) is 48.2 Å². The van der Waals surface area contributed by atoms with Crippen LogP contribution in [0.2, 0.25) is 48.2 Å². The summed E-state index contributed by atoms with van der Waals surface area (Å²) in [4.78, 5) is 15.9. The Labute approximate surface area is 64.8 Å². The van der Waals surface area contributed by atoms with E-state index >= 15 is 0 Å². The predicted molar refractivity (Wildman–Crippen MR) is 48.6 cm³/mol. The number of fused-ring (bicyclic) bond motifs is 10. The van der Waals surface area contributed by atoms with Crippen molar-refractivity contribution < 1.29 is 6.51 Å². The summed E-state index contributed by atoms with van der Waals surface area (Å²) in [5.74, 6) is 0. The van der Waals surface area contributed by atoms with E-state index in [1.807, 2.05) is 0 Å². The van der Waals surface area contributed by atoms with Gasteiger partial charge < -0.3 is 0 Å². The van der Waals surface area contributed by atoms with Crippen LogP contribution in [0.25, 0.3) is 0 Å². The molecule has 1 unspecified atom stereocenters. The average molecular weight is 220 g/mol. The van der Waals surface area contributed by atoms with Crippen molar-refractivity contribution in [1.82, 2.24) is 0 Å². The molecule has 66 valence electrons. The molecule has 10 fully saturated rings. The van der Waals surface area contributed by atoms with Gasteiger partial charge in [-0.15, -0.1) is 0 Å². The first-order valence-corrected chi connectivity index (χ1v) is 11.7. The first-order valence-electron chi connectivity index (χ1n) is 5.37. The standard InChI is InChI=1S/2C5H5.Fe.H3P/c2*1-2-4-5-3-1;;/h2*1-5H;;1H3. The molecule has 10 rings (SSSR count). The maximum absolute atomic E-state index is 2.28. The van der Waals surface area contributed by atoms with Crippen molar-refractivity contribution in [2.24, 2.45) is 0 Å². The van der Waals surface area contributed by atoms with E-state index in [1.165, 1.54) is 0 Å². The summed E-state index contributed by atoms with van der Waals surface area (Å²) in [6, 6.07) is 0.